The zero-order valence-electron chi connectivity index (χ0n) is 16.3. The number of hydrogen-bond acceptors (Lipinski definition) is 5. The number of hydrogen-bond donors (Lipinski definition) is 1. The Kier molecular flexibility index (Phi) is 6.11. The van der Waals surface area contributed by atoms with E-state index in [-0.39, 0.29) is 36.6 Å². The number of aryl methyl sites for hydroxylation is 2. The van der Waals surface area contributed by atoms with Crippen LogP contribution in [-0.2, 0) is 23.9 Å². The third-order valence-electron chi connectivity index (χ3n) is 5.63. The largest absolute Gasteiger partial charge is 0.456 e. The van der Waals surface area contributed by atoms with Crippen LogP contribution >= 0.6 is 0 Å². The lowest BCUT2D eigenvalue weighted by Crippen LogP contribution is -2.33. The van der Waals surface area contributed by atoms with Crippen LogP contribution in [0, 0.1) is 25.7 Å². The number of fused-ring (bicyclic) bond motifs is 1. The lowest BCUT2D eigenvalue weighted by molar-refractivity contribution is -0.148. The molecule has 1 aromatic carbocycles. The van der Waals surface area contributed by atoms with Crippen LogP contribution in [0.5, 0.6) is 0 Å². The molecule has 3 amide bonds. The van der Waals surface area contributed by atoms with Crippen molar-refractivity contribution >= 4 is 29.4 Å². The van der Waals surface area contributed by atoms with Gasteiger partial charge in [-0.2, -0.15) is 0 Å². The Hall–Kier alpha value is -2.70. The summed E-state index contributed by atoms with van der Waals surface area (Å²) >= 11 is 0. The standard InChI is InChI=1S/C21H26N2O5/c1-13-7-8-15(11-14(13)2)22-18(24)12-28-19(25)9-10-23-20(26)16-5-3-4-6-17(16)21(23)27/h7-8,11,16-17H,3-6,9-10,12H2,1-2H3,(H,22,24)/t16-,17-/m0/s1. The van der Waals surface area contributed by atoms with Crippen molar-refractivity contribution in [3.63, 3.8) is 0 Å². The van der Waals surface area contributed by atoms with Crippen molar-refractivity contribution in [2.24, 2.45) is 11.8 Å². The van der Waals surface area contributed by atoms with Gasteiger partial charge in [0.2, 0.25) is 11.8 Å². The van der Waals surface area contributed by atoms with Gasteiger partial charge >= 0.3 is 5.97 Å². The number of benzene rings is 1. The molecule has 0 unspecified atom stereocenters. The Morgan fingerprint density at radius 1 is 1.07 bits per heavy atom. The summed E-state index contributed by atoms with van der Waals surface area (Å²) in [5.74, 6) is -1.83. The summed E-state index contributed by atoms with van der Waals surface area (Å²) in [5, 5.41) is 2.68. The molecule has 1 heterocycles. The van der Waals surface area contributed by atoms with Crippen LogP contribution in [0.4, 0.5) is 5.69 Å². The third kappa shape index (κ3) is 4.40. The number of amides is 3. The minimum atomic E-state index is -0.606. The average Bonchev–Trinajstić information content (AvgIpc) is 2.92. The average molecular weight is 386 g/mol. The highest BCUT2D eigenvalue weighted by atomic mass is 16.5. The second-order valence-corrected chi connectivity index (χ2v) is 7.58. The van der Waals surface area contributed by atoms with Crippen LogP contribution in [0.3, 0.4) is 0 Å². The molecule has 1 saturated heterocycles. The fourth-order valence-electron chi connectivity index (χ4n) is 3.89. The van der Waals surface area contributed by atoms with Crippen LogP contribution < -0.4 is 5.32 Å². The number of likely N-dealkylation sites (tertiary alicyclic amines) is 1. The Balaban J connectivity index is 1.43. The molecule has 0 aromatic heterocycles. The van der Waals surface area contributed by atoms with Gasteiger partial charge in [-0.3, -0.25) is 24.1 Å². The third-order valence-corrected chi connectivity index (χ3v) is 5.63. The Bertz CT molecular complexity index is 780. The molecule has 3 rings (SSSR count). The Morgan fingerprint density at radius 3 is 2.32 bits per heavy atom. The normalized spacial score (nSPS) is 21.4. The molecule has 0 spiro atoms. The minimum Gasteiger partial charge on any atom is -0.456 e. The number of anilines is 1. The van der Waals surface area contributed by atoms with E-state index in [0.717, 1.165) is 36.8 Å². The van der Waals surface area contributed by atoms with Gasteiger partial charge in [0, 0.05) is 12.2 Å². The zero-order valence-corrected chi connectivity index (χ0v) is 16.3. The van der Waals surface area contributed by atoms with Gasteiger partial charge < -0.3 is 10.1 Å². The van der Waals surface area contributed by atoms with E-state index in [2.05, 4.69) is 5.32 Å². The summed E-state index contributed by atoms with van der Waals surface area (Å²) in [6, 6.07) is 5.53. The van der Waals surface area contributed by atoms with Crippen LogP contribution in [0.2, 0.25) is 0 Å². The van der Waals surface area contributed by atoms with Crippen molar-refractivity contribution in [1.82, 2.24) is 4.90 Å². The van der Waals surface area contributed by atoms with Gasteiger partial charge in [-0.05, 0) is 49.9 Å². The zero-order chi connectivity index (χ0) is 20.3. The molecule has 1 aliphatic carbocycles. The van der Waals surface area contributed by atoms with Crippen molar-refractivity contribution in [3.8, 4) is 0 Å². The van der Waals surface area contributed by atoms with Crippen molar-refractivity contribution in [1.29, 1.82) is 0 Å². The van der Waals surface area contributed by atoms with Gasteiger partial charge in [-0.15, -0.1) is 0 Å². The number of ether oxygens (including phenoxy) is 1. The Labute approximate surface area is 164 Å². The Morgan fingerprint density at radius 2 is 1.71 bits per heavy atom. The predicted octanol–water partition coefficient (Wildman–Crippen LogP) is 2.35. The summed E-state index contributed by atoms with van der Waals surface area (Å²) in [4.78, 5) is 49.8. The molecule has 1 aliphatic heterocycles. The van der Waals surface area contributed by atoms with Gasteiger partial charge in [0.25, 0.3) is 5.91 Å². The first-order chi connectivity index (χ1) is 13.4. The predicted molar refractivity (Wildman–Crippen MR) is 102 cm³/mol. The van der Waals surface area contributed by atoms with E-state index in [1.807, 2.05) is 26.0 Å². The number of nitrogens with one attached hydrogen (secondary N) is 1. The molecule has 28 heavy (non-hydrogen) atoms. The molecule has 2 fully saturated rings. The number of rotatable bonds is 6. The van der Waals surface area contributed by atoms with Crippen molar-refractivity contribution < 1.29 is 23.9 Å². The molecule has 1 N–H and O–H groups in total. The van der Waals surface area contributed by atoms with Crippen molar-refractivity contribution in [2.75, 3.05) is 18.5 Å². The fourth-order valence-corrected chi connectivity index (χ4v) is 3.89. The molecule has 150 valence electrons. The SMILES string of the molecule is Cc1ccc(NC(=O)COC(=O)CCN2C(=O)[C@H]3CCCC[C@@H]3C2=O)cc1C. The fraction of sp³-hybridized carbons (Fsp3) is 0.524. The summed E-state index contributed by atoms with van der Waals surface area (Å²) in [5.41, 5.74) is 2.81. The van der Waals surface area contributed by atoms with E-state index in [4.69, 9.17) is 4.74 Å². The first kappa shape index (κ1) is 20.0. The van der Waals surface area contributed by atoms with E-state index >= 15 is 0 Å². The quantitative estimate of drug-likeness (QED) is 0.598. The molecule has 7 nitrogen and oxygen atoms in total. The van der Waals surface area contributed by atoms with Crippen LogP contribution in [0.15, 0.2) is 18.2 Å². The first-order valence-corrected chi connectivity index (χ1v) is 9.75. The van der Waals surface area contributed by atoms with E-state index in [9.17, 15) is 19.2 Å². The highest BCUT2D eigenvalue weighted by Crippen LogP contribution is 2.37. The van der Waals surface area contributed by atoms with Gasteiger partial charge in [-0.25, -0.2) is 0 Å². The van der Waals surface area contributed by atoms with Crippen LogP contribution in [0.25, 0.3) is 0 Å². The monoisotopic (exact) mass is 386 g/mol. The molecule has 2 aliphatic rings. The van der Waals surface area contributed by atoms with E-state index in [1.54, 1.807) is 6.07 Å². The van der Waals surface area contributed by atoms with Crippen LogP contribution in [-0.4, -0.2) is 41.7 Å². The number of nitrogens with zero attached hydrogens (tertiary/aromatic N) is 1. The maximum absolute atomic E-state index is 12.4. The summed E-state index contributed by atoms with van der Waals surface area (Å²) in [6.07, 6.45) is 3.31. The van der Waals surface area contributed by atoms with E-state index < -0.39 is 18.5 Å². The van der Waals surface area contributed by atoms with Crippen molar-refractivity contribution in [3.05, 3.63) is 29.3 Å². The maximum Gasteiger partial charge on any atom is 0.308 e. The smallest absolute Gasteiger partial charge is 0.308 e. The molecular weight excluding hydrogens is 360 g/mol. The summed E-state index contributed by atoms with van der Waals surface area (Å²) in [7, 11) is 0. The van der Waals surface area contributed by atoms with E-state index in [0.29, 0.717) is 5.69 Å². The highest BCUT2D eigenvalue weighted by molar-refractivity contribution is 6.05. The number of carbonyl (C=O) groups is 4. The van der Waals surface area contributed by atoms with Gasteiger partial charge in [0.05, 0.1) is 18.3 Å². The molecule has 2 atom stereocenters. The lowest BCUT2D eigenvalue weighted by atomic mass is 9.81. The topological polar surface area (TPSA) is 92.8 Å². The number of esters is 1. The van der Waals surface area contributed by atoms with Gasteiger partial charge in [-0.1, -0.05) is 18.9 Å². The first-order valence-electron chi connectivity index (χ1n) is 9.75. The van der Waals surface area contributed by atoms with Gasteiger partial charge in [0.1, 0.15) is 0 Å². The maximum atomic E-state index is 12.4. The second-order valence-electron chi connectivity index (χ2n) is 7.58. The van der Waals surface area contributed by atoms with Crippen molar-refractivity contribution in [2.45, 2.75) is 46.0 Å². The molecule has 7 heteroatoms. The van der Waals surface area contributed by atoms with Crippen LogP contribution in [0.1, 0.15) is 43.2 Å². The summed E-state index contributed by atoms with van der Waals surface area (Å²) < 4.78 is 4.98. The molecule has 0 bridgehead atoms. The highest BCUT2D eigenvalue weighted by Gasteiger charge is 2.47. The number of imide groups is 1. The minimum absolute atomic E-state index is 0.0161. The molecule has 0 radical (unpaired) electrons. The molecule has 1 saturated carbocycles. The molecule has 1 aromatic rings. The number of carbonyl (C=O) groups excluding carboxylic acids is 4. The molecular formula is C21H26N2O5. The van der Waals surface area contributed by atoms with Gasteiger partial charge in [0.15, 0.2) is 6.61 Å². The summed E-state index contributed by atoms with van der Waals surface area (Å²) in [6.45, 7) is 3.54. The van der Waals surface area contributed by atoms with E-state index in [1.165, 1.54) is 4.90 Å². The second kappa shape index (κ2) is 8.54. The lowest BCUT2D eigenvalue weighted by Gasteiger charge is -2.19.